The van der Waals surface area contributed by atoms with Crippen LogP contribution in [0.4, 0.5) is 10.5 Å². The number of benzene rings is 2. The van der Waals surface area contributed by atoms with Crippen LogP contribution in [0.3, 0.4) is 0 Å². The van der Waals surface area contributed by atoms with Crippen LogP contribution in [0.1, 0.15) is 12.0 Å². The van der Waals surface area contributed by atoms with Gasteiger partial charge in [0.1, 0.15) is 12.5 Å². The van der Waals surface area contributed by atoms with E-state index in [1.807, 2.05) is 24.3 Å². The molecule has 142 valence electrons. The molecule has 0 fully saturated rings. The number of para-hydroxylation sites is 1. The van der Waals surface area contributed by atoms with Crippen LogP contribution in [0.2, 0.25) is 5.02 Å². The van der Waals surface area contributed by atoms with E-state index in [0.717, 1.165) is 5.56 Å². The third kappa shape index (κ3) is 4.69. The van der Waals surface area contributed by atoms with E-state index in [2.05, 4.69) is 10.6 Å². The van der Waals surface area contributed by atoms with E-state index < -0.39 is 0 Å². The minimum atomic E-state index is -0.335. The molecule has 0 aliphatic carbocycles. The molecule has 0 bridgehead atoms. The third-order valence-electron chi connectivity index (χ3n) is 4.02. The Balaban J connectivity index is 1.76. The van der Waals surface area contributed by atoms with Crippen LogP contribution in [-0.4, -0.2) is 32.3 Å². The van der Waals surface area contributed by atoms with Crippen LogP contribution in [0.5, 0.6) is 11.5 Å². The minimum absolute atomic E-state index is 0.138. The Morgan fingerprint density at radius 1 is 1.19 bits per heavy atom. The zero-order valence-corrected chi connectivity index (χ0v) is 15.6. The van der Waals surface area contributed by atoms with E-state index in [0.29, 0.717) is 28.8 Å². The van der Waals surface area contributed by atoms with Crippen molar-refractivity contribution in [1.29, 1.82) is 0 Å². The second-order valence-electron chi connectivity index (χ2n) is 5.92. The van der Waals surface area contributed by atoms with Gasteiger partial charge in [0.25, 0.3) is 0 Å². The number of ether oxygens (including phenoxy) is 2. The number of anilines is 1. The number of methoxy groups -OCH3 is 1. The fourth-order valence-corrected chi connectivity index (χ4v) is 2.86. The molecule has 27 heavy (non-hydrogen) atoms. The van der Waals surface area contributed by atoms with Crippen LogP contribution < -0.4 is 20.3 Å². The lowest BCUT2D eigenvalue weighted by molar-refractivity contribution is -0.122. The first-order valence-electron chi connectivity index (χ1n) is 8.45. The highest BCUT2D eigenvalue weighted by atomic mass is 35.5. The summed E-state index contributed by atoms with van der Waals surface area (Å²) in [6, 6.07) is 12.3. The number of carbonyl (C=O) groups excluding carboxylic acids is 2. The smallest absolute Gasteiger partial charge is 0.322 e. The van der Waals surface area contributed by atoms with Gasteiger partial charge < -0.3 is 20.1 Å². The molecule has 3 rings (SSSR count). The zero-order chi connectivity index (χ0) is 19.2. The van der Waals surface area contributed by atoms with Gasteiger partial charge in [-0.25, -0.2) is 4.79 Å². The lowest BCUT2D eigenvalue weighted by Gasteiger charge is -2.22. The van der Waals surface area contributed by atoms with Gasteiger partial charge in [-0.2, -0.15) is 0 Å². The summed E-state index contributed by atoms with van der Waals surface area (Å²) in [5, 5.41) is 5.83. The molecule has 2 aromatic rings. The Morgan fingerprint density at radius 3 is 2.81 bits per heavy atom. The Kier molecular flexibility index (Phi) is 6.16. The van der Waals surface area contributed by atoms with Crippen LogP contribution in [0.25, 0.3) is 0 Å². The number of fused-ring (bicyclic) bond motifs is 2. The maximum atomic E-state index is 12.8. The summed E-state index contributed by atoms with van der Waals surface area (Å²) in [4.78, 5) is 26.0. The Labute approximate surface area is 162 Å². The zero-order valence-electron chi connectivity index (χ0n) is 14.8. The normalized spacial score (nSPS) is 12.3. The fourth-order valence-electron chi connectivity index (χ4n) is 2.70. The summed E-state index contributed by atoms with van der Waals surface area (Å²) in [5.41, 5.74) is 1.44. The summed E-state index contributed by atoms with van der Waals surface area (Å²) in [6.07, 6.45) is 0.151. The first-order valence-corrected chi connectivity index (χ1v) is 8.82. The number of halogens is 1. The van der Waals surface area contributed by atoms with Crippen molar-refractivity contribution in [3.8, 4) is 11.5 Å². The maximum Gasteiger partial charge on any atom is 0.322 e. The van der Waals surface area contributed by atoms with Gasteiger partial charge in [0.15, 0.2) is 5.75 Å². The number of carbonyl (C=O) groups is 2. The Bertz CT molecular complexity index is 843. The van der Waals surface area contributed by atoms with Gasteiger partial charge >= 0.3 is 6.03 Å². The van der Waals surface area contributed by atoms with Gasteiger partial charge in [-0.1, -0.05) is 29.8 Å². The molecule has 2 N–H and O–H groups in total. The number of nitrogens with one attached hydrogen (secondary N) is 2. The average Bonchev–Trinajstić information content (AvgIpc) is 2.82. The summed E-state index contributed by atoms with van der Waals surface area (Å²) < 4.78 is 10.7. The molecule has 2 aromatic carbocycles. The van der Waals surface area contributed by atoms with Crippen molar-refractivity contribution in [1.82, 2.24) is 10.6 Å². The largest absolute Gasteiger partial charge is 0.455 e. The summed E-state index contributed by atoms with van der Waals surface area (Å²) in [5.74, 6) is 1.03. The predicted octanol–water partition coefficient (Wildman–Crippen LogP) is 3.27. The molecule has 0 aromatic heterocycles. The molecule has 0 radical (unpaired) electrons. The third-order valence-corrected chi connectivity index (χ3v) is 4.25. The standard InChI is InChI=1S/C19H20ClN3O4/c1-26-12-22-18(24)8-9-21-19(25)23-11-13-4-2-3-5-16(13)27-17-7-6-14(20)10-15(17)23/h2-7,10H,8-9,11-12H2,1H3,(H,21,25)(H,22,24). The average molecular weight is 390 g/mol. The Hall–Kier alpha value is -2.77. The van der Waals surface area contributed by atoms with E-state index >= 15 is 0 Å². The summed E-state index contributed by atoms with van der Waals surface area (Å²) in [6.45, 7) is 0.660. The highest BCUT2D eigenvalue weighted by Gasteiger charge is 2.25. The lowest BCUT2D eigenvalue weighted by Crippen LogP contribution is -2.41. The van der Waals surface area contributed by atoms with Crippen molar-refractivity contribution < 1.29 is 19.1 Å². The van der Waals surface area contributed by atoms with Crippen LogP contribution in [0, 0.1) is 0 Å². The number of rotatable bonds is 5. The van der Waals surface area contributed by atoms with E-state index in [1.165, 1.54) is 7.11 Å². The van der Waals surface area contributed by atoms with Crippen molar-refractivity contribution in [2.24, 2.45) is 0 Å². The number of urea groups is 1. The topological polar surface area (TPSA) is 79.9 Å². The van der Waals surface area contributed by atoms with E-state index in [9.17, 15) is 9.59 Å². The SMILES string of the molecule is COCNC(=O)CCNC(=O)N1Cc2ccccc2Oc2ccc(Cl)cc21. The number of hydrogen-bond donors (Lipinski definition) is 2. The molecular weight excluding hydrogens is 370 g/mol. The highest BCUT2D eigenvalue weighted by molar-refractivity contribution is 6.31. The minimum Gasteiger partial charge on any atom is -0.455 e. The van der Waals surface area contributed by atoms with Gasteiger partial charge in [-0.05, 0) is 24.3 Å². The first-order chi connectivity index (χ1) is 13.1. The molecule has 0 spiro atoms. The van der Waals surface area contributed by atoms with Crippen LogP contribution >= 0.6 is 11.6 Å². The first kappa shape index (κ1) is 19.0. The van der Waals surface area contributed by atoms with Gasteiger partial charge in [-0.15, -0.1) is 0 Å². The molecular formula is C19H20ClN3O4. The van der Waals surface area contributed by atoms with Gasteiger partial charge in [0, 0.05) is 30.7 Å². The summed E-state index contributed by atoms with van der Waals surface area (Å²) in [7, 11) is 1.49. The molecule has 0 saturated carbocycles. The number of nitrogens with zero attached hydrogens (tertiary/aromatic N) is 1. The molecule has 0 unspecified atom stereocenters. The molecule has 1 heterocycles. The lowest BCUT2D eigenvalue weighted by atomic mass is 10.2. The fraction of sp³-hybridized carbons (Fsp3) is 0.263. The van der Waals surface area contributed by atoms with Gasteiger partial charge in [0.2, 0.25) is 5.91 Å². The van der Waals surface area contributed by atoms with Crippen LogP contribution in [0.15, 0.2) is 42.5 Å². The van der Waals surface area contributed by atoms with Gasteiger partial charge in [-0.3, -0.25) is 9.69 Å². The second kappa shape index (κ2) is 8.75. The van der Waals surface area contributed by atoms with Crippen molar-refractivity contribution >= 4 is 29.2 Å². The molecule has 7 nitrogen and oxygen atoms in total. The molecule has 1 aliphatic rings. The highest BCUT2D eigenvalue weighted by Crippen LogP contribution is 2.40. The molecule has 8 heteroatoms. The van der Waals surface area contributed by atoms with Crippen LogP contribution in [-0.2, 0) is 16.1 Å². The van der Waals surface area contributed by atoms with Crippen molar-refractivity contribution in [3.63, 3.8) is 0 Å². The van der Waals surface area contributed by atoms with Gasteiger partial charge in [0.05, 0.1) is 12.2 Å². The predicted molar refractivity (Wildman–Crippen MR) is 102 cm³/mol. The number of hydrogen-bond acceptors (Lipinski definition) is 4. The molecule has 1 aliphatic heterocycles. The van der Waals surface area contributed by atoms with Crippen molar-refractivity contribution in [3.05, 3.63) is 53.1 Å². The van der Waals surface area contributed by atoms with E-state index in [4.69, 9.17) is 21.1 Å². The number of amides is 3. The molecule has 0 atom stereocenters. The van der Waals surface area contributed by atoms with E-state index in [-0.39, 0.29) is 31.6 Å². The quantitative estimate of drug-likeness (QED) is 0.769. The monoisotopic (exact) mass is 389 g/mol. The van der Waals surface area contributed by atoms with E-state index in [1.54, 1.807) is 23.1 Å². The molecule has 0 saturated heterocycles. The molecule has 3 amide bonds. The summed E-state index contributed by atoms with van der Waals surface area (Å²) >= 11 is 6.13. The second-order valence-corrected chi connectivity index (χ2v) is 6.36. The maximum absolute atomic E-state index is 12.8. The van der Waals surface area contributed by atoms with Crippen molar-refractivity contribution in [2.75, 3.05) is 25.3 Å². The Morgan fingerprint density at radius 2 is 2.00 bits per heavy atom. The van der Waals surface area contributed by atoms with Crippen molar-refractivity contribution in [2.45, 2.75) is 13.0 Å².